The summed E-state index contributed by atoms with van der Waals surface area (Å²) in [5.41, 5.74) is 5.53. The summed E-state index contributed by atoms with van der Waals surface area (Å²) >= 11 is 0. The molecule has 1 aliphatic heterocycles. The van der Waals surface area contributed by atoms with Gasteiger partial charge in [0.05, 0.1) is 6.04 Å². The third kappa shape index (κ3) is 2.75. The molecule has 2 aromatic rings. The van der Waals surface area contributed by atoms with Crippen molar-refractivity contribution in [3.63, 3.8) is 0 Å². The van der Waals surface area contributed by atoms with Gasteiger partial charge in [0.25, 0.3) is 0 Å². The number of hydrogen-bond donors (Lipinski definition) is 0. The SMILES string of the molecule is Cc1ccccc1CCC1CCN(C2CCc3ccccc32)C1=O. The molecular formula is C22H25NO. The lowest BCUT2D eigenvalue weighted by Gasteiger charge is -2.25. The van der Waals surface area contributed by atoms with Gasteiger partial charge < -0.3 is 4.90 Å². The molecule has 2 aromatic carbocycles. The van der Waals surface area contributed by atoms with E-state index in [0.717, 1.165) is 38.6 Å². The molecule has 2 aliphatic rings. The Hall–Kier alpha value is -2.09. The zero-order chi connectivity index (χ0) is 16.5. The first-order chi connectivity index (χ1) is 11.7. The maximum Gasteiger partial charge on any atom is 0.226 e. The number of nitrogens with zero attached hydrogens (tertiary/aromatic N) is 1. The molecule has 0 aromatic heterocycles. The fourth-order valence-corrected chi connectivity index (χ4v) is 4.42. The average molecular weight is 319 g/mol. The van der Waals surface area contributed by atoms with Crippen LogP contribution in [-0.2, 0) is 17.6 Å². The van der Waals surface area contributed by atoms with Crippen LogP contribution in [-0.4, -0.2) is 17.4 Å². The zero-order valence-corrected chi connectivity index (χ0v) is 14.4. The van der Waals surface area contributed by atoms with E-state index in [1.54, 1.807) is 0 Å². The second-order valence-electron chi connectivity index (χ2n) is 7.24. The minimum absolute atomic E-state index is 0.206. The fraction of sp³-hybridized carbons (Fsp3) is 0.409. The van der Waals surface area contributed by atoms with Crippen molar-refractivity contribution < 1.29 is 4.79 Å². The van der Waals surface area contributed by atoms with E-state index in [1.807, 2.05) is 0 Å². The van der Waals surface area contributed by atoms with Crippen LogP contribution in [0.25, 0.3) is 0 Å². The quantitative estimate of drug-likeness (QED) is 0.814. The van der Waals surface area contributed by atoms with Crippen LogP contribution in [0.15, 0.2) is 48.5 Å². The number of aryl methyl sites for hydroxylation is 3. The van der Waals surface area contributed by atoms with Crippen LogP contribution in [0.2, 0.25) is 0 Å². The van der Waals surface area contributed by atoms with Crippen LogP contribution in [0.5, 0.6) is 0 Å². The molecule has 1 amide bonds. The van der Waals surface area contributed by atoms with Crippen molar-refractivity contribution in [2.24, 2.45) is 5.92 Å². The van der Waals surface area contributed by atoms with Crippen LogP contribution in [0.1, 0.15) is 47.6 Å². The Morgan fingerprint density at radius 3 is 2.71 bits per heavy atom. The summed E-state index contributed by atoms with van der Waals surface area (Å²) in [6.07, 6.45) is 5.21. The monoisotopic (exact) mass is 319 g/mol. The van der Waals surface area contributed by atoms with Crippen molar-refractivity contribution in [1.82, 2.24) is 4.90 Å². The Labute approximate surface area is 144 Å². The van der Waals surface area contributed by atoms with E-state index in [0.29, 0.717) is 11.9 Å². The first kappa shape index (κ1) is 15.4. The topological polar surface area (TPSA) is 20.3 Å². The molecule has 1 fully saturated rings. The minimum atomic E-state index is 0.206. The standard InChI is InChI=1S/C22H25NO/c1-16-6-2-3-7-17(16)10-11-19-14-15-23(22(19)24)21-13-12-18-8-4-5-9-20(18)21/h2-9,19,21H,10-15H2,1H3. The van der Waals surface area contributed by atoms with Crippen molar-refractivity contribution >= 4 is 5.91 Å². The van der Waals surface area contributed by atoms with E-state index in [9.17, 15) is 4.79 Å². The molecular weight excluding hydrogens is 294 g/mol. The van der Waals surface area contributed by atoms with E-state index in [1.165, 1.54) is 22.3 Å². The summed E-state index contributed by atoms with van der Waals surface area (Å²) in [6, 6.07) is 17.5. The number of carbonyl (C=O) groups excluding carboxylic acids is 1. The maximum absolute atomic E-state index is 12.9. The number of benzene rings is 2. The number of hydrogen-bond acceptors (Lipinski definition) is 1. The Bertz CT molecular complexity index is 751. The van der Waals surface area contributed by atoms with E-state index in [-0.39, 0.29) is 5.92 Å². The lowest BCUT2D eigenvalue weighted by atomic mass is 9.96. The highest BCUT2D eigenvalue weighted by Gasteiger charge is 2.38. The zero-order valence-electron chi connectivity index (χ0n) is 14.4. The van der Waals surface area contributed by atoms with Crippen LogP contribution < -0.4 is 0 Å². The van der Waals surface area contributed by atoms with Crippen LogP contribution in [0, 0.1) is 12.8 Å². The van der Waals surface area contributed by atoms with Crippen molar-refractivity contribution in [3.8, 4) is 0 Å². The molecule has 24 heavy (non-hydrogen) atoms. The second-order valence-corrected chi connectivity index (χ2v) is 7.24. The lowest BCUT2D eigenvalue weighted by molar-refractivity contribution is -0.133. The smallest absolute Gasteiger partial charge is 0.226 e. The predicted octanol–water partition coefficient (Wildman–Crippen LogP) is 4.46. The Morgan fingerprint density at radius 1 is 1.04 bits per heavy atom. The molecule has 124 valence electrons. The van der Waals surface area contributed by atoms with Crippen molar-refractivity contribution in [2.45, 2.75) is 45.1 Å². The van der Waals surface area contributed by atoms with Crippen LogP contribution in [0.3, 0.4) is 0 Å². The first-order valence-corrected chi connectivity index (χ1v) is 9.17. The summed E-state index contributed by atoms with van der Waals surface area (Å²) in [5, 5.41) is 0. The molecule has 1 heterocycles. The van der Waals surface area contributed by atoms with Gasteiger partial charge in [-0.3, -0.25) is 4.79 Å². The fourth-order valence-electron chi connectivity index (χ4n) is 4.42. The largest absolute Gasteiger partial charge is 0.335 e. The normalized spacial score (nSPS) is 22.9. The summed E-state index contributed by atoms with van der Waals surface area (Å²) in [6.45, 7) is 3.09. The molecule has 2 unspecified atom stereocenters. The summed E-state index contributed by atoms with van der Waals surface area (Å²) in [5.74, 6) is 0.586. The third-order valence-electron chi connectivity index (χ3n) is 5.85. The van der Waals surface area contributed by atoms with Gasteiger partial charge in [0.2, 0.25) is 5.91 Å². The second kappa shape index (κ2) is 6.43. The number of amides is 1. The van der Waals surface area contributed by atoms with Gasteiger partial charge >= 0.3 is 0 Å². The van der Waals surface area contributed by atoms with Gasteiger partial charge in [0.15, 0.2) is 0 Å². The minimum Gasteiger partial charge on any atom is -0.335 e. The number of fused-ring (bicyclic) bond motifs is 1. The van der Waals surface area contributed by atoms with Gasteiger partial charge in [0, 0.05) is 12.5 Å². The molecule has 4 rings (SSSR count). The van der Waals surface area contributed by atoms with Gasteiger partial charge in [-0.05, 0) is 61.3 Å². The predicted molar refractivity (Wildman–Crippen MR) is 96.8 cm³/mol. The van der Waals surface area contributed by atoms with Gasteiger partial charge in [-0.1, -0.05) is 48.5 Å². The van der Waals surface area contributed by atoms with Crippen molar-refractivity contribution in [3.05, 3.63) is 70.8 Å². The highest BCUT2D eigenvalue weighted by atomic mass is 16.2. The molecule has 0 bridgehead atoms. The summed E-state index contributed by atoms with van der Waals surface area (Å²) in [4.78, 5) is 15.1. The van der Waals surface area contributed by atoms with Gasteiger partial charge in [-0.15, -0.1) is 0 Å². The van der Waals surface area contributed by atoms with Gasteiger partial charge in [-0.2, -0.15) is 0 Å². The van der Waals surface area contributed by atoms with Gasteiger partial charge in [0.1, 0.15) is 0 Å². The molecule has 1 aliphatic carbocycles. The van der Waals surface area contributed by atoms with Crippen LogP contribution >= 0.6 is 0 Å². The molecule has 2 nitrogen and oxygen atoms in total. The third-order valence-corrected chi connectivity index (χ3v) is 5.85. The number of carbonyl (C=O) groups is 1. The highest BCUT2D eigenvalue weighted by Crippen LogP contribution is 2.39. The molecule has 0 saturated carbocycles. The van der Waals surface area contributed by atoms with E-state index < -0.39 is 0 Å². The Kier molecular flexibility index (Phi) is 4.13. The summed E-state index contributed by atoms with van der Waals surface area (Å²) in [7, 11) is 0. The molecule has 2 atom stereocenters. The van der Waals surface area contributed by atoms with Crippen molar-refractivity contribution in [2.75, 3.05) is 6.54 Å². The molecule has 2 heteroatoms. The van der Waals surface area contributed by atoms with E-state index in [4.69, 9.17) is 0 Å². The van der Waals surface area contributed by atoms with E-state index >= 15 is 0 Å². The van der Waals surface area contributed by atoms with E-state index in [2.05, 4.69) is 60.4 Å². The van der Waals surface area contributed by atoms with Gasteiger partial charge in [-0.25, -0.2) is 0 Å². The maximum atomic E-state index is 12.9. The van der Waals surface area contributed by atoms with Crippen molar-refractivity contribution in [1.29, 1.82) is 0 Å². The molecule has 1 saturated heterocycles. The molecule has 0 N–H and O–H groups in total. The molecule has 0 radical (unpaired) electrons. The Balaban J connectivity index is 1.43. The lowest BCUT2D eigenvalue weighted by Crippen LogP contribution is -2.30. The first-order valence-electron chi connectivity index (χ1n) is 9.17. The Morgan fingerprint density at radius 2 is 1.83 bits per heavy atom. The number of rotatable bonds is 4. The van der Waals surface area contributed by atoms with Crippen LogP contribution in [0.4, 0.5) is 0 Å². The number of likely N-dealkylation sites (tertiary alicyclic amines) is 1. The molecule has 0 spiro atoms. The summed E-state index contributed by atoms with van der Waals surface area (Å²) < 4.78 is 0. The highest BCUT2D eigenvalue weighted by molar-refractivity contribution is 5.81. The average Bonchev–Trinajstić information content (AvgIpc) is 3.18.